The Balaban J connectivity index is 1.95. The molecule has 1 aliphatic rings. The second-order valence-electron chi connectivity index (χ2n) is 5.67. The van der Waals surface area contributed by atoms with E-state index in [1.165, 1.54) is 31.2 Å². The minimum Gasteiger partial charge on any atom is -0.493 e. The fraction of sp³-hybridized carbons (Fsp3) is 0.647. The van der Waals surface area contributed by atoms with E-state index >= 15 is 0 Å². The van der Waals surface area contributed by atoms with Gasteiger partial charge in [-0.2, -0.15) is 0 Å². The van der Waals surface area contributed by atoms with Crippen LogP contribution in [0.5, 0.6) is 11.5 Å². The zero-order valence-corrected chi connectivity index (χ0v) is 12.9. The monoisotopic (exact) mass is 277 g/mol. The zero-order valence-electron chi connectivity index (χ0n) is 12.9. The molecule has 1 saturated carbocycles. The Hall–Kier alpha value is -1.22. The SMILES string of the molecule is CCOc1ccc(CNC2CCCCC2C)cc1OC. The lowest BCUT2D eigenvalue weighted by Crippen LogP contribution is -2.36. The number of ether oxygens (including phenoxy) is 2. The molecule has 112 valence electrons. The van der Waals surface area contributed by atoms with Crippen LogP contribution in [0.2, 0.25) is 0 Å². The van der Waals surface area contributed by atoms with E-state index in [1.54, 1.807) is 7.11 Å². The molecule has 0 aromatic heterocycles. The molecule has 0 spiro atoms. The van der Waals surface area contributed by atoms with Crippen LogP contribution in [0.1, 0.15) is 45.1 Å². The lowest BCUT2D eigenvalue weighted by Gasteiger charge is -2.29. The average molecular weight is 277 g/mol. The number of hydrogen-bond donors (Lipinski definition) is 1. The number of methoxy groups -OCH3 is 1. The molecule has 1 N–H and O–H groups in total. The average Bonchev–Trinajstić information content (AvgIpc) is 2.48. The fourth-order valence-corrected chi connectivity index (χ4v) is 2.97. The van der Waals surface area contributed by atoms with Crippen LogP contribution in [-0.2, 0) is 6.54 Å². The van der Waals surface area contributed by atoms with Gasteiger partial charge in [0.05, 0.1) is 13.7 Å². The summed E-state index contributed by atoms with van der Waals surface area (Å²) >= 11 is 0. The Kier molecular flexibility index (Phi) is 5.72. The molecular formula is C17H27NO2. The van der Waals surface area contributed by atoms with Gasteiger partial charge in [-0.15, -0.1) is 0 Å². The van der Waals surface area contributed by atoms with Crippen molar-refractivity contribution in [2.24, 2.45) is 5.92 Å². The third-order valence-corrected chi connectivity index (χ3v) is 4.21. The second kappa shape index (κ2) is 7.53. The number of nitrogens with one attached hydrogen (secondary N) is 1. The predicted octanol–water partition coefficient (Wildman–Crippen LogP) is 3.76. The third kappa shape index (κ3) is 3.89. The molecule has 3 heteroatoms. The van der Waals surface area contributed by atoms with Crippen molar-refractivity contribution < 1.29 is 9.47 Å². The number of hydrogen-bond acceptors (Lipinski definition) is 3. The van der Waals surface area contributed by atoms with Gasteiger partial charge >= 0.3 is 0 Å². The van der Waals surface area contributed by atoms with Crippen molar-refractivity contribution in [1.82, 2.24) is 5.32 Å². The zero-order chi connectivity index (χ0) is 14.4. The molecule has 1 aromatic rings. The summed E-state index contributed by atoms with van der Waals surface area (Å²) in [6, 6.07) is 6.85. The number of rotatable bonds is 6. The first-order valence-corrected chi connectivity index (χ1v) is 7.77. The summed E-state index contributed by atoms with van der Waals surface area (Å²) in [6.07, 6.45) is 5.39. The molecule has 0 heterocycles. The van der Waals surface area contributed by atoms with Crippen molar-refractivity contribution >= 4 is 0 Å². The summed E-state index contributed by atoms with van der Waals surface area (Å²) in [5.41, 5.74) is 1.25. The van der Waals surface area contributed by atoms with Crippen molar-refractivity contribution in [3.63, 3.8) is 0 Å². The van der Waals surface area contributed by atoms with E-state index in [0.717, 1.165) is 24.0 Å². The van der Waals surface area contributed by atoms with E-state index in [2.05, 4.69) is 24.4 Å². The Morgan fingerprint density at radius 2 is 2.00 bits per heavy atom. The molecule has 0 amide bonds. The molecule has 3 nitrogen and oxygen atoms in total. The highest BCUT2D eigenvalue weighted by Gasteiger charge is 2.20. The fourth-order valence-electron chi connectivity index (χ4n) is 2.97. The maximum Gasteiger partial charge on any atom is 0.161 e. The van der Waals surface area contributed by atoms with E-state index in [0.29, 0.717) is 12.6 Å². The smallest absolute Gasteiger partial charge is 0.161 e. The topological polar surface area (TPSA) is 30.5 Å². The maximum atomic E-state index is 5.55. The molecule has 1 fully saturated rings. The van der Waals surface area contributed by atoms with E-state index in [1.807, 2.05) is 13.0 Å². The lowest BCUT2D eigenvalue weighted by atomic mass is 9.86. The third-order valence-electron chi connectivity index (χ3n) is 4.21. The van der Waals surface area contributed by atoms with Gasteiger partial charge in [0.2, 0.25) is 0 Å². The van der Waals surface area contributed by atoms with E-state index in [4.69, 9.17) is 9.47 Å². The molecule has 0 radical (unpaired) electrons. The number of benzene rings is 1. The quantitative estimate of drug-likeness (QED) is 0.858. The molecular weight excluding hydrogens is 250 g/mol. The van der Waals surface area contributed by atoms with Crippen LogP contribution in [-0.4, -0.2) is 19.8 Å². The molecule has 2 unspecified atom stereocenters. The van der Waals surface area contributed by atoms with Crippen molar-refractivity contribution in [3.8, 4) is 11.5 Å². The molecule has 0 aliphatic heterocycles. The van der Waals surface area contributed by atoms with Gasteiger partial charge in [0.25, 0.3) is 0 Å². The summed E-state index contributed by atoms with van der Waals surface area (Å²) in [7, 11) is 1.69. The first-order chi connectivity index (χ1) is 9.74. The Morgan fingerprint density at radius 3 is 2.70 bits per heavy atom. The molecule has 1 aliphatic carbocycles. The first-order valence-electron chi connectivity index (χ1n) is 7.77. The second-order valence-corrected chi connectivity index (χ2v) is 5.67. The maximum absolute atomic E-state index is 5.55. The van der Waals surface area contributed by atoms with Crippen molar-refractivity contribution in [2.75, 3.05) is 13.7 Å². The summed E-state index contributed by atoms with van der Waals surface area (Å²) in [6.45, 7) is 5.90. The van der Waals surface area contributed by atoms with E-state index in [9.17, 15) is 0 Å². The van der Waals surface area contributed by atoms with Crippen molar-refractivity contribution in [1.29, 1.82) is 0 Å². The van der Waals surface area contributed by atoms with Crippen LogP contribution in [0.15, 0.2) is 18.2 Å². The van der Waals surface area contributed by atoms with Crippen LogP contribution in [0.4, 0.5) is 0 Å². The highest BCUT2D eigenvalue weighted by molar-refractivity contribution is 5.42. The van der Waals surface area contributed by atoms with E-state index < -0.39 is 0 Å². The van der Waals surface area contributed by atoms with Gasteiger partial charge in [0.1, 0.15) is 0 Å². The minimum absolute atomic E-state index is 0.654. The first kappa shape index (κ1) is 15.2. The molecule has 1 aromatic carbocycles. The molecule has 20 heavy (non-hydrogen) atoms. The normalized spacial score (nSPS) is 22.6. The van der Waals surface area contributed by atoms with Crippen LogP contribution in [0.3, 0.4) is 0 Å². The van der Waals surface area contributed by atoms with Gasteiger partial charge < -0.3 is 14.8 Å². The van der Waals surface area contributed by atoms with Gasteiger partial charge in [0.15, 0.2) is 11.5 Å². The van der Waals surface area contributed by atoms with Crippen LogP contribution in [0, 0.1) is 5.92 Å². The summed E-state index contributed by atoms with van der Waals surface area (Å²) in [4.78, 5) is 0. The largest absolute Gasteiger partial charge is 0.493 e. The molecule has 0 saturated heterocycles. The lowest BCUT2D eigenvalue weighted by molar-refractivity contribution is 0.279. The highest BCUT2D eigenvalue weighted by atomic mass is 16.5. The van der Waals surface area contributed by atoms with Gasteiger partial charge in [-0.3, -0.25) is 0 Å². The Morgan fingerprint density at radius 1 is 1.20 bits per heavy atom. The van der Waals surface area contributed by atoms with Gasteiger partial charge in [-0.1, -0.05) is 25.8 Å². The van der Waals surface area contributed by atoms with Crippen molar-refractivity contribution in [3.05, 3.63) is 23.8 Å². The van der Waals surface area contributed by atoms with Crippen LogP contribution >= 0.6 is 0 Å². The minimum atomic E-state index is 0.654. The predicted molar refractivity (Wildman–Crippen MR) is 82.4 cm³/mol. The Labute approximate surface area is 122 Å². The van der Waals surface area contributed by atoms with Crippen molar-refractivity contribution in [2.45, 2.75) is 52.1 Å². The summed E-state index contributed by atoms with van der Waals surface area (Å²) < 4.78 is 10.9. The summed E-state index contributed by atoms with van der Waals surface area (Å²) in [5, 5.41) is 3.69. The molecule has 0 bridgehead atoms. The standard InChI is InChI=1S/C17H27NO2/c1-4-20-16-10-9-14(11-17(16)19-3)12-18-15-8-6-5-7-13(15)2/h9-11,13,15,18H,4-8,12H2,1-3H3. The summed E-state index contributed by atoms with van der Waals surface area (Å²) in [5.74, 6) is 2.43. The van der Waals surface area contributed by atoms with E-state index in [-0.39, 0.29) is 0 Å². The highest BCUT2D eigenvalue weighted by Crippen LogP contribution is 2.28. The van der Waals surface area contributed by atoms with Gasteiger partial charge in [-0.25, -0.2) is 0 Å². The van der Waals surface area contributed by atoms with Gasteiger partial charge in [-0.05, 0) is 43.4 Å². The molecule has 2 rings (SSSR count). The molecule has 2 atom stereocenters. The van der Waals surface area contributed by atoms with Crippen LogP contribution in [0.25, 0.3) is 0 Å². The van der Waals surface area contributed by atoms with Crippen LogP contribution < -0.4 is 14.8 Å². The van der Waals surface area contributed by atoms with Gasteiger partial charge in [0, 0.05) is 12.6 Å². The Bertz CT molecular complexity index is 419.